The number of benzene rings is 3. The summed E-state index contributed by atoms with van der Waals surface area (Å²) in [6.07, 6.45) is 2.82. The van der Waals surface area contributed by atoms with Crippen LogP contribution in [0, 0.1) is 5.92 Å². The standard InChI is InChI=1S/C28H29N5O4S/c34-27(20-6-7-20)32-28-30-25-13-10-23(16-26(25)31-28)37-38(35,36)24-11-8-21(9-12-24)29-22-14-15-33(18-22)17-19-4-2-1-3-5-19/h1-5,8-13,16,20,22,29H,6-7,14-15,17-18H2,(H2,30,31,32,34). The quantitative estimate of drug-likeness (QED) is 0.275. The highest BCUT2D eigenvalue weighted by Gasteiger charge is 2.30. The van der Waals surface area contributed by atoms with E-state index in [-0.39, 0.29) is 22.5 Å². The Morgan fingerprint density at radius 2 is 1.82 bits per heavy atom. The molecule has 196 valence electrons. The molecule has 3 aromatic carbocycles. The molecule has 0 bridgehead atoms. The van der Waals surface area contributed by atoms with E-state index in [1.54, 1.807) is 36.4 Å². The van der Waals surface area contributed by atoms with Gasteiger partial charge in [0.2, 0.25) is 11.9 Å². The topological polar surface area (TPSA) is 116 Å². The molecule has 38 heavy (non-hydrogen) atoms. The maximum Gasteiger partial charge on any atom is 0.339 e. The summed E-state index contributed by atoms with van der Waals surface area (Å²) in [5, 5.41) is 6.27. The van der Waals surface area contributed by atoms with E-state index in [9.17, 15) is 13.2 Å². The van der Waals surface area contributed by atoms with Gasteiger partial charge < -0.3 is 14.5 Å². The summed E-state index contributed by atoms with van der Waals surface area (Å²) in [4.78, 5) is 21.8. The third-order valence-corrected chi connectivity index (χ3v) is 8.15. The van der Waals surface area contributed by atoms with Gasteiger partial charge in [-0.15, -0.1) is 0 Å². The Bertz CT molecular complexity index is 1550. The zero-order valence-electron chi connectivity index (χ0n) is 20.8. The largest absolute Gasteiger partial charge is 0.381 e. The molecule has 9 nitrogen and oxygen atoms in total. The first-order valence-electron chi connectivity index (χ1n) is 12.8. The van der Waals surface area contributed by atoms with Gasteiger partial charge >= 0.3 is 10.1 Å². The lowest BCUT2D eigenvalue weighted by Crippen LogP contribution is -2.25. The second-order valence-corrected chi connectivity index (χ2v) is 11.5. The van der Waals surface area contributed by atoms with Crippen LogP contribution in [0.3, 0.4) is 0 Å². The molecule has 1 atom stereocenters. The van der Waals surface area contributed by atoms with Gasteiger partial charge in [-0.3, -0.25) is 15.0 Å². The highest BCUT2D eigenvalue weighted by Crippen LogP contribution is 2.30. The van der Waals surface area contributed by atoms with Crippen molar-refractivity contribution in [1.82, 2.24) is 14.9 Å². The zero-order chi connectivity index (χ0) is 26.1. The molecule has 10 heteroatoms. The van der Waals surface area contributed by atoms with Gasteiger partial charge in [0.05, 0.1) is 11.0 Å². The molecule has 0 radical (unpaired) electrons. The second-order valence-electron chi connectivity index (χ2n) is 9.94. The molecule has 1 unspecified atom stereocenters. The number of aromatic nitrogens is 2. The molecule has 6 rings (SSSR count). The highest BCUT2D eigenvalue weighted by atomic mass is 32.2. The summed E-state index contributed by atoms with van der Waals surface area (Å²) in [5.41, 5.74) is 3.34. The van der Waals surface area contributed by atoms with E-state index in [2.05, 4.69) is 49.8 Å². The first-order chi connectivity index (χ1) is 18.4. The number of hydrogen-bond donors (Lipinski definition) is 3. The molecule has 2 fully saturated rings. The molecule has 1 aliphatic heterocycles. The number of amides is 1. The summed E-state index contributed by atoms with van der Waals surface area (Å²) in [6, 6.07) is 22.1. The Labute approximate surface area is 221 Å². The van der Waals surface area contributed by atoms with Crippen LogP contribution in [-0.4, -0.2) is 48.3 Å². The Balaban J connectivity index is 1.06. The number of anilines is 2. The minimum absolute atomic E-state index is 0.0568. The summed E-state index contributed by atoms with van der Waals surface area (Å²) < 4.78 is 31.2. The fourth-order valence-electron chi connectivity index (χ4n) is 4.72. The SMILES string of the molecule is O=C(Nc1nc2cc(OS(=O)(=O)c3ccc(NC4CCN(Cc5ccccc5)C4)cc3)ccc2[nH]1)C1CC1. The Hall–Kier alpha value is -3.89. The van der Waals surface area contributed by atoms with Crippen molar-refractivity contribution in [3.8, 4) is 5.75 Å². The van der Waals surface area contributed by atoms with Crippen molar-refractivity contribution >= 4 is 38.7 Å². The average molecular weight is 532 g/mol. The molecule has 2 aliphatic rings. The van der Waals surface area contributed by atoms with Crippen molar-refractivity contribution in [3.05, 3.63) is 78.4 Å². The fourth-order valence-corrected chi connectivity index (χ4v) is 5.65. The van der Waals surface area contributed by atoms with Crippen molar-refractivity contribution < 1.29 is 17.4 Å². The lowest BCUT2D eigenvalue weighted by atomic mass is 10.2. The Kier molecular flexibility index (Phi) is 6.50. The van der Waals surface area contributed by atoms with E-state index in [0.717, 1.165) is 44.6 Å². The normalized spacial score (nSPS) is 17.9. The number of carbonyl (C=O) groups is 1. The van der Waals surface area contributed by atoms with E-state index in [0.29, 0.717) is 23.0 Å². The third kappa shape index (κ3) is 5.66. The first kappa shape index (κ1) is 24.4. The van der Waals surface area contributed by atoms with Gasteiger partial charge in [0.15, 0.2) is 0 Å². The van der Waals surface area contributed by atoms with Gasteiger partial charge in [-0.05, 0) is 61.2 Å². The van der Waals surface area contributed by atoms with E-state index in [1.165, 1.54) is 11.6 Å². The summed E-state index contributed by atoms with van der Waals surface area (Å²) >= 11 is 0. The number of aromatic amines is 1. The minimum Gasteiger partial charge on any atom is -0.381 e. The minimum atomic E-state index is -4.03. The first-order valence-corrected chi connectivity index (χ1v) is 14.2. The summed E-state index contributed by atoms with van der Waals surface area (Å²) in [5.74, 6) is 0.487. The van der Waals surface area contributed by atoms with E-state index < -0.39 is 10.1 Å². The van der Waals surface area contributed by atoms with E-state index >= 15 is 0 Å². The monoisotopic (exact) mass is 531 g/mol. The molecule has 1 aromatic heterocycles. The number of hydrogen-bond acceptors (Lipinski definition) is 7. The molecular weight excluding hydrogens is 502 g/mol. The maximum atomic E-state index is 12.9. The predicted octanol–water partition coefficient (Wildman–Crippen LogP) is 4.37. The van der Waals surface area contributed by atoms with Gasteiger partial charge in [0.1, 0.15) is 10.6 Å². The van der Waals surface area contributed by atoms with Crippen molar-refractivity contribution in [2.75, 3.05) is 23.7 Å². The number of nitrogens with one attached hydrogen (secondary N) is 3. The maximum absolute atomic E-state index is 12.9. The number of likely N-dealkylation sites (tertiary alicyclic amines) is 1. The average Bonchev–Trinajstić information content (AvgIpc) is 3.56. The molecule has 1 aliphatic carbocycles. The van der Waals surface area contributed by atoms with Crippen molar-refractivity contribution in [1.29, 1.82) is 0 Å². The predicted molar refractivity (Wildman–Crippen MR) is 145 cm³/mol. The third-order valence-electron chi connectivity index (χ3n) is 6.89. The van der Waals surface area contributed by atoms with Gasteiger partial charge in [-0.25, -0.2) is 4.98 Å². The molecule has 0 spiro atoms. The van der Waals surface area contributed by atoms with Crippen LogP contribution >= 0.6 is 0 Å². The molecule has 1 amide bonds. The fraction of sp³-hybridized carbons (Fsp3) is 0.286. The number of H-pyrrole nitrogens is 1. The van der Waals surface area contributed by atoms with Gasteiger partial charge in [-0.2, -0.15) is 8.42 Å². The van der Waals surface area contributed by atoms with Crippen LogP contribution in [0.1, 0.15) is 24.8 Å². The number of rotatable bonds is 9. The number of nitrogens with zero attached hydrogens (tertiary/aromatic N) is 2. The summed E-state index contributed by atoms with van der Waals surface area (Å²) in [7, 11) is -4.03. The lowest BCUT2D eigenvalue weighted by molar-refractivity contribution is -0.117. The van der Waals surface area contributed by atoms with Crippen LogP contribution in [0.15, 0.2) is 77.7 Å². The summed E-state index contributed by atoms with van der Waals surface area (Å²) in [6.45, 7) is 2.87. The highest BCUT2D eigenvalue weighted by molar-refractivity contribution is 7.87. The molecular formula is C28H29N5O4S. The Morgan fingerprint density at radius 3 is 2.58 bits per heavy atom. The van der Waals surface area contributed by atoms with E-state index in [4.69, 9.17) is 4.18 Å². The molecule has 4 aromatic rings. The van der Waals surface area contributed by atoms with Crippen molar-refractivity contribution in [2.24, 2.45) is 5.92 Å². The van der Waals surface area contributed by atoms with Crippen molar-refractivity contribution in [3.63, 3.8) is 0 Å². The van der Waals surface area contributed by atoms with Crippen LogP contribution in [-0.2, 0) is 21.5 Å². The second kappa shape index (κ2) is 10.1. The lowest BCUT2D eigenvalue weighted by Gasteiger charge is -2.17. The number of imidazole rings is 1. The van der Waals surface area contributed by atoms with Gasteiger partial charge in [0.25, 0.3) is 0 Å². The van der Waals surface area contributed by atoms with Crippen LogP contribution in [0.5, 0.6) is 5.75 Å². The van der Waals surface area contributed by atoms with Crippen molar-refractivity contribution in [2.45, 2.75) is 36.7 Å². The van der Waals surface area contributed by atoms with Crippen LogP contribution in [0.2, 0.25) is 0 Å². The van der Waals surface area contributed by atoms with Gasteiger partial charge in [-0.1, -0.05) is 30.3 Å². The Morgan fingerprint density at radius 1 is 1.03 bits per heavy atom. The van der Waals surface area contributed by atoms with Crippen LogP contribution < -0.4 is 14.8 Å². The van der Waals surface area contributed by atoms with Crippen LogP contribution in [0.25, 0.3) is 11.0 Å². The van der Waals surface area contributed by atoms with Gasteiger partial charge in [0, 0.05) is 43.3 Å². The van der Waals surface area contributed by atoms with E-state index in [1.807, 2.05) is 6.07 Å². The molecule has 1 saturated heterocycles. The van der Waals surface area contributed by atoms with Crippen LogP contribution in [0.4, 0.5) is 11.6 Å². The number of carbonyl (C=O) groups excluding carboxylic acids is 1. The molecule has 3 N–H and O–H groups in total. The molecule has 1 saturated carbocycles. The number of fused-ring (bicyclic) bond motifs is 1. The zero-order valence-corrected chi connectivity index (χ0v) is 21.6. The smallest absolute Gasteiger partial charge is 0.339 e. The molecule has 2 heterocycles.